The van der Waals surface area contributed by atoms with E-state index in [0.717, 1.165) is 30.0 Å². The molecule has 0 saturated heterocycles. The maximum atomic E-state index is 4.48. The summed E-state index contributed by atoms with van der Waals surface area (Å²) >= 11 is 0. The highest BCUT2D eigenvalue weighted by atomic mass is 15.3. The Morgan fingerprint density at radius 2 is 2.00 bits per heavy atom. The van der Waals surface area contributed by atoms with Gasteiger partial charge < -0.3 is 5.32 Å². The average Bonchev–Trinajstić information content (AvgIpc) is 2.68. The Labute approximate surface area is 114 Å². The standard InChI is InChI=1S/C14H21N5/c1-5-15-13(14-9-16-11(3)8-17-14)7-12-6-10(2)18-19(12)4/h6,8-9,13,15H,5,7H2,1-4H3. The first-order valence-corrected chi connectivity index (χ1v) is 6.61. The van der Waals surface area contributed by atoms with Crippen molar-refractivity contribution in [2.45, 2.75) is 33.2 Å². The fourth-order valence-corrected chi connectivity index (χ4v) is 2.17. The average molecular weight is 259 g/mol. The van der Waals surface area contributed by atoms with Crippen LogP contribution in [0.15, 0.2) is 18.5 Å². The lowest BCUT2D eigenvalue weighted by atomic mass is 10.1. The number of hydrogen-bond donors (Lipinski definition) is 1. The van der Waals surface area contributed by atoms with Crippen LogP contribution in [0.1, 0.15) is 35.7 Å². The van der Waals surface area contributed by atoms with Gasteiger partial charge in [0.2, 0.25) is 0 Å². The van der Waals surface area contributed by atoms with Crippen molar-refractivity contribution in [1.29, 1.82) is 0 Å². The van der Waals surface area contributed by atoms with Crippen LogP contribution in [0.3, 0.4) is 0 Å². The topological polar surface area (TPSA) is 55.6 Å². The number of aryl methyl sites for hydroxylation is 3. The van der Waals surface area contributed by atoms with Crippen LogP contribution < -0.4 is 5.32 Å². The zero-order valence-electron chi connectivity index (χ0n) is 12.0. The fraction of sp³-hybridized carbons (Fsp3) is 0.500. The highest BCUT2D eigenvalue weighted by molar-refractivity contribution is 5.14. The summed E-state index contributed by atoms with van der Waals surface area (Å²) in [6, 6.07) is 2.29. The van der Waals surface area contributed by atoms with E-state index in [-0.39, 0.29) is 6.04 Å². The molecular weight excluding hydrogens is 238 g/mol. The Balaban J connectivity index is 2.20. The van der Waals surface area contributed by atoms with Crippen molar-refractivity contribution in [3.8, 4) is 0 Å². The molecule has 0 spiro atoms. The van der Waals surface area contributed by atoms with E-state index in [0.29, 0.717) is 0 Å². The minimum atomic E-state index is 0.174. The molecule has 5 nitrogen and oxygen atoms in total. The van der Waals surface area contributed by atoms with Gasteiger partial charge in [-0.3, -0.25) is 14.6 Å². The molecule has 0 fully saturated rings. The minimum absolute atomic E-state index is 0.174. The number of nitrogens with one attached hydrogen (secondary N) is 1. The van der Waals surface area contributed by atoms with E-state index in [1.54, 1.807) is 0 Å². The van der Waals surface area contributed by atoms with Crippen molar-refractivity contribution in [3.63, 3.8) is 0 Å². The highest BCUT2D eigenvalue weighted by Gasteiger charge is 2.15. The summed E-state index contributed by atoms with van der Waals surface area (Å²) in [5.74, 6) is 0. The minimum Gasteiger partial charge on any atom is -0.309 e. The van der Waals surface area contributed by atoms with Crippen molar-refractivity contribution in [1.82, 2.24) is 25.1 Å². The van der Waals surface area contributed by atoms with Crippen LogP contribution in [0, 0.1) is 13.8 Å². The van der Waals surface area contributed by atoms with Crippen molar-refractivity contribution in [3.05, 3.63) is 41.2 Å². The molecule has 2 rings (SSSR count). The third-order valence-electron chi connectivity index (χ3n) is 3.12. The lowest BCUT2D eigenvalue weighted by Gasteiger charge is -2.17. The molecule has 0 amide bonds. The van der Waals surface area contributed by atoms with E-state index < -0.39 is 0 Å². The highest BCUT2D eigenvalue weighted by Crippen LogP contribution is 2.16. The van der Waals surface area contributed by atoms with Crippen molar-refractivity contribution in [2.24, 2.45) is 7.05 Å². The van der Waals surface area contributed by atoms with E-state index in [1.807, 2.05) is 38.0 Å². The first kappa shape index (κ1) is 13.7. The van der Waals surface area contributed by atoms with Gasteiger partial charge in [0.1, 0.15) is 0 Å². The number of aromatic nitrogens is 4. The normalized spacial score (nSPS) is 12.6. The van der Waals surface area contributed by atoms with Crippen LogP contribution in [0.4, 0.5) is 0 Å². The van der Waals surface area contributed by atoms with Crippen molar-refractivity contribution >= 4 is 0 Å². The molecule has 1 unspecified atom stereocenters. The van der Waals surface area contributed by atoms with Crippen molar-refractivity contribution < 1.29 is 0 Å². The van der Waals surface area contributed by atoms with Crippen LogP contribution in [0.25, 0.3) is 0 Å². The molecule has 1 atom stereocenters. The second kappa shape index (κ2) is 5.93. The second-order valence-electron chi connectivity index (χ2n) is 4.80. The van der Waals surface area contributed by atoms with Crippen LogP contribution in [0.5, 0.6) is 0 Å². The van der Waals surface area contributed by atoms with Gasteiger partial charge >= 0.3 is 0 Å². The van der Waals surface area contributed by atoms with Gasteiger partial charge in [-0.25, -0.2) is 0 Å². The number of nitrogens with zero attached hydrogens (tertiary/aromatic N) is 4. The van der Waals surface area contributed by atoms with Gasteiger partial charge in [-0.1, -0.05) is 6.92 Å². The zero-order valence-corrected chi connectivity index (χ0v) is 12.0. The SMILES string of the molecule is CCNC(Cc1cc(C)nn1C)c1cnc(C)cn1. The molecule has 2 aromatic heterocycles. The zero-order chi connectivity index (χ0) is 13.8. The van der Waals surface area contributed by atoms with E-state index >= 15 is 0 Å². The first-order valence-electron chi connectivity index (χ1n) is 6.61. The molecule has 0 aliphatic rings. The maximum absolute atomic E-state index is 4.48. The van der Waals surface area contributed by atoms with Gasteiger partial charge in [-0.15, -0.1) is 0 Å². The Hall–Kier alpha value is -1.75. The predicted octanol–water partition coefficient (Wildman–Crippen LogP) is 1.72. The van der Waals surface area contributed by atoms with Gasteiger partial charge in [-0.05, 0) is 26.5 Å². The Bertz CT molecular complexity index is 529. The molecular formula is C14H21N5. The summed E-state index contributed by atoms with van der Waals surface area (Å²) in [4.78, 5) is 8.80. The molecule has 1 N–H and O–H groups in total. The molecule has 0 aromatic carbocycles. The van der Waals surface area contributed by atoms with Gasteiger partial charge in [0.05, 0.1) is 29.3 Å². The van der Waals surface area contributed by atoms with Crippen LogP contribution in [0.2, 0.25) is 0 Å². The van der Waals surface area contributed by atoms with Crippen LogP contribution >= 0.6 is 0 Å². The monoisotopic (exact) mass is 259 g/mol. The Morgan fingerprint density at radius 1 is 1.21 bits per heavy atom. The number of rotatable bonds is 5. The molecule has 0 aliphatic heterocycles. The molecule has 2 heterocycles. The summed E-state index contributed by atoms with van der Waals surface area (Å²) in [5, 5.41) is 7.84. The molecule has 2 aromatic rings. The van der Waals surface area contributed by atoms with E-state index in [1.165, 1.54) is 5.69 Å². The lowest BCUT2D eigenvalue weighted by Crippen LogP contribution is -2.25. The maximum Gasteiger partial charge on any atom is 0.0760 e. The quantitative estimate of drug-likeness (QED) is 0.888. The molecule has 0 aliphatic carbocycles. The number of hydrogen-bond acceptors (Lipinski definition) is 4. The van der Waals surface area contributed by atoms with E-state index in [9.17, 15) is 0 Å². The molecule has 0 radical (unpaired) electrons. The summed E-state index contributed by atoms with van der Waals surface area (Å²) in [7, 11) is 1.98. The fourth-order valence-electron chi connectivity index (χ4n) is 2.17. The summed E-state index contributed by atoms with van der Waals surface area (Å²) < 4.78 is 1.93. The van der Waals surface area contributed by atoms with E-state index in [2.05, 4.69) is 33.4 Å². The second-order valence-corrected chi connectivity index (χ2v) is 4.80. The summed E-state index contributed by atoms with van der Waals surface area (Å²) in [5.41, 5.74) is 4.16. The van der Waals surface area contributed by atoms with E-state index in [4.69, 9.17) is 0 Å². The smallest absolute Gasteiger partial charge is 0.0760 e. The first-order chi connectivity index (χ1) is 9.10. The van der Waals surface area contributed by atoms with Gasteiger partial charge in [-0.2, -0.15) is 5.10 Å². The lowest BCUT2D eigenvalue weighted by molar-refractivity contribution is 0.515. The van der Waals surface area contributed by atoms with Crippen molar-refractivity contribution in [2.75, 3.05) is 6.54 Å². The Kier molecular flexibility index (Phi) is 4.27. The molecule has 19 heavy (non-hydrogen) atoms. The third kappa shape index (κ3) is 3.38. The third-order valence-corrected chi connectivity index (χ3v) is 3.12. The predicted molar refractivity (Wildman–Crippen MR) is 74.8 cm³/mol. The summed E-state index contributed by atoms with van der Waals surface area (Å²) in [6.45, 7) is 6.96. The molecule has 0 saturated carbocycles. The molecule has 5 heteroatoms. The van der Waals surface area contributed by atoms with Gasteiger partial charge in [0, 0.05) is 25.4 Å². The largest absolute Gasteiger partial charge is 0.309 e. The Morgan fingerprint density at radius 3 is 2.53 bits per heavy atom. The summed E-state index contributed by atoms with van der Waals surface area (Å²) in [6.07, 6.45) is 4.53. The molecule has 102 valence electrons. The van der Waals surface area contributed by atoms with Gasteiger partial charge in [0.25, 0.3) is 0 Å². The molecule has 0 bridgehead atoms. The number of likely N-dealkylation sites (N-methyl/N-ethyl adjacent to an activating group) is 1. The van der Waals surface area contributed by atoms with Gasteiger partial charge in [0.15, 0.2) is 0 Å². The van der Waals surface area contributed by atoms with Crippen LogP contribution in [-0.2, 0) is 13.5 Å². The van der Waals surface area contributed by atoms with Crippen LogP contribution in [-0.4, -0.2) is 26.3 Å².